The molecule has 0 N–H and O–H groups in total. The Morgan fingerprint density at radius 1 is 1.50 bits per heavy atom. The Morgan fingerprint density at radius 2 is 2.12 bits per heavy atom. The summed E-state index contributed by atoms with van der Waals surface area (Å²) in [4.78, 5) is 0. The van der Waals surface area contributed by atoms with E-state index in [4.69, 9.17) is 0 Å². The van der Waals surface area contributed by atoms with Crippen LogP contribution in [0.5, 0.6) is 0 Å². The Balaban J connectivity index is 2.45. The summed E-state index contributed by atoms with van der Waals surface area (Å²) < 4.78 is 2.29. The van der Waals surface area contributed by atoms with E-state index in [0.29, 0.717) is 5.41 Å². The Bertz CT molecular complexity index is 405. The highest BCUT2D eigenvalue weighted by molar-refractivity contribution is 5.66. The maximum atomic E-state index is 4.20. The van der Waals surface area contributed by atoms with Gasteiger partial charge in [0.25, 0.3) is 0 Å². The van der Waals surface area contributed by atoms with E-state index in [-0.39, 0.29) is 0 Å². The third kappa shape index (κ3) is 1.73. The van der Waals surface area contributed by atoms with E-state index in [2.05, 4.69) is 51.2 Å². The normalized spacial score (nSPS) is 16.5. The lowest BCUT2D eigenvalue weighted by Gasteiger charge is -2.28. The molecule has 1 nitrogen and oxygen atoms in total. The van der Waals surface area contributed by atoms with Gasteiger partial charge in [0.2, 0.25) is 0 Å². The van der Waals surface area contributed by atoms with Crippen molar-refractivity contribution in [1.82, 2.24) is 4.57 Å². The molecule has 0 aromatic carbocycles. The molecular formula is C15H23N. The largest absolute Gasteiger partial charge is 0.353 e. The van der Waals surface area contributed by atoms with Crippen LogP contribution in [0.2, 0.25) is 0 Å². The van der Waals surface area contributed by atoms with Crippen molar-refractivity contribution in [3.8, 4) is 0 Å². The van der Waals surface area contributed by atoms with Gasteiger partial charge in [-0.15, -0.1) is 0 Å². The lowest BCUT2D eigenvalue weighted by molar-refractivity contribution is 0.426. The van der Waals surface area contributed by atoms with Gasteiger partial charge in [0.15, 0.2) is 0 Å². The molecule has 0 spiro atoms. The third-order valence-corrected chi connectivity index (χ3v) is 4.09. The van der Waals surface area contributed by atoms with Crippen LogP contribution in [0.4, 0.5) is 0 Å². The van der Waals surface area contributed by atoms with Crippen LogP contribution in [0.1, 0.15) is 51.3 Å². The number of aromatic nitrogens is 1. The summed E-state index contributed by atoms with van der Waals surface area (Å²) in [5.41, 5.74) is 4.42. The SMILES string of the molecule is C=C(CC)c1ccn(C)c1C(C)(C)C1CC1. The highest BCUT2D eigenvalue weighted by Gasteiger charge is 2.41. The predicted molar refractivity (Wildman–Crippen MR) is 70.5 cm³/mol. The lowest BCUT2D eigenvalue weighted by atomic mass is 9.80. The fourth-order valence-corrected chi connectivity index (χ4v) is 2.81. The molecule has 0 radical (unpaired) electrons. The number of allylic oxidation sites excluding steroid dienone is 1. The van der Waals surface area contributed by atoms with Gasteiger partial charge in [0.1, 0.15) is 0 Å². The maximum Gasteiger partial charge on any atom is 0.0307 e. The van der Waals surface area contributed by atoms with Crippen molar-refractivity contribution >= 4 is 5.57 Å². The first-order valence-electron chi connectivity index (χ1n) is 6.32. The molecule has 1 aliphatic carbocycles. The van der Waals surface area contributed by atoms with Crippen LogP contribution >= 0.6 is 0 Å². The van der Waals surface area contributed by atoms with Crippen molar-refractivity contribution < 1.29 is 0 Å². The van der Waals surface area contributed by atoms with E-state index in [1.54, 1.807) is 0 Å². The Kier molecular flexibility index (Phi) is 2.73. The van der Waals surface area contributed by atoms with Crippen molar-refractivity contribution in [1.29, 1.82) is 0 Å². The maximum absolute atomic E-state index is 4.20. The van der Waals surface area contributed by atoms with Gasteiger partial charge in [-0.1, -0.05) is 27.4 Å². The second-order valence-corrected chi connectivity index (χ2v) is 5.64. The van der Waals surface area contributed by atoms with Gasteiger partial charge in [0.05, 0.1) is 0 Å². The average Bonchev–Trinajstić information content (AvgIpc) is 3.01. The van der Waals surface area contributed by atoms with E-state index in [9.17, 15) is 0 Å². The third-order valence-electron chi connectivity index (χ3n) is 4.09. The molecule has 1 aromatic heterocycles. The lowest BCUT2D eigenvalue weighted by Crippen LogP contribution is -2.24. The van der Waals surface area contributed by atoms with E-state index in [1.165, 1.54) is 29.7 Å². The first-order chi connectivity index (χ1) is 7.48. The second-order valence-electron chi connectivity index (χ2n) is 5.64. The Labute approximate surface area is 99.2 Å². The fraction of sp³-hybridized carbons (Fsp3) is 0.600. The van der Waals surface area contributed by atoms with Crippen LogP contribution in [-0.4, -0.2) is 4.57 Å². The quantitative estimate of drug-likeness (QED) is 0.714. The molecule has 0 aliphatic heterocycles. The van der Waals surface area contributed by atoms with E-state index in [1.807, 2.05) is 0 Å². The molecule has 1 fully saturated rings. The molecule has 1 heteroatoms. The van der Waals surface area contributed by atoms with Gasteiger partial charge in [-0.2, -0.15) is 0 Å². The topological polar surface area (TPSA) is 4.93 Å². The molecule has 2 rings (SSSR count). The van der Waals surface area contributed by atoms with E-state index < -0.39 is 0 Å². The summed E-state index contributed by atoms with van der Waals surface area (Å²) in [5, 5.41) is 0. The number of nitrogens with zero attached hydrogens (tertiary/aromatic N) is 1. The molecule has 0 bridgehead atoms. The molecule has 0 atom stereocenters. The van der Waals surface area contributed by atoms with Gasteiger partial charge < -0.3 is 4.57 Å². The zero-order chi connectivity index (χ0) is 11.9. The van der Waals surface area contributed by atoms with Crippen LogP contribution in [0, 0.1) is 5.92 Å². The van der Waals surface area contributed by atoms with Crippen LogP contribution in [0.15, 0.2) is 18.8 Å². The standard InChI is InChI=1S/C15H23N/c1-6-11(2)13-9-10-16(5)14(13)15(3,4)12-7-8-12/h9-10,12H,2,6-8H2,1,3-5H3. The molecule has 1 saturated carbocycles. The molecule has 0 amide bonds. The number of aryl methyl sites for hydroxylation is 1. The van der Waals surface area contributed by atoms with E-state index >= 15 is 0 Å². The van der Waals surface area contributed by atoms with Gasteiger partial charge >= 0.3 is 0 Å². The molecule has 0 unspecified atom stereocenters. The van der Waals surface area contributed by atoms with Crippen molar-refractivity contribution in [2.45, 2.75) is 45.4 Å². The van der Waals surface area contributed by atoms with Crippen molar-refractivity contribution in [3.63, 3.8) is 0 Å². The van der Waals surface area contributed by atoms with Gasteiger partial charge in [-0.25, -0.2) is 0 Å². The molecule has 1 aliphatic rings. The van der Waals surface area contributed by atoms with Crippen LogP contribution < -0.4 is 0 Å². The number of hydrogen-bond donors (Lipinski definition) is 0. The van der Waals surface area contributed by atoms with Crippen LogP contribution in [-0.2, 0) is 12.5 Å². The highest BCUT2D eigenvalue weighted by atomic mass is 14.9. The summed E-state index contributed by atoms with van der Waals surface area (Å²) in [5.74, 6) is 0.865. The van der Waals surface area contributed by atoms with Gasteiger partial charge in [0, 0.05) is 24.4 Å². The molecule has 1 aromatic rings. The monoisotopic (exact) mass is 217 g/mol. The second kappa shape index (κ2) is 3.80. The summed E-state index contributed by atoms with van der Waals surface area (Å²) in [7, 11) is 2.16. The molecule has 1 heterocycles. The average molecular weight is 217 g/mol. The Morgan fingerprint density at radius 3 is 2.62 bits per heavy atom. The zero-order valence-electron chi connectivity index (χ0n) is 11.0. The number of rotatable bonds is 4. The molecule has 16 heavy (non-hydrogen) atoms. The smallest absolute Gasteiger partial charge is 0.0307 e. The van der Waals surface area contributed by atoms with Crippen LogP contribution in [0.3, 0.4) is 0 Å². The van der Waals surface area contributed by atoms with Crippen molar-refractivity contribution in [2.24, 2.45) is 13.0 Å². The summed E-state index contributed by atoms with van der Waals surface area (Å²) in [6.45, 7) is 11.1. The minimum absolute atomic E-state index is 0.297. The summed E-state index contributed by atoms with van der Waals surface area (Å²) in [6, 6.07) is 2.23. The first kappa shape index (κ1) is 11.5. The van der Waals surface area contributed by atoms with Crippen LogP contribution in [0.25, 0.3) is 5.57 Å². The summed E-state index contributed by atoms with van der Waals surface area (Å²) in [6.07, 6.45) is 5.99. The number of hydrogen-bond acceptors (Lipinski definition) is 0. The summed E-state index contributed by atoms with van der Waals surface area (Å²) >= 11 is 0. The minimum atomic E-state index is 0.297. The van der Waals surface area contributed by atoms with E-state index in [0.717, 1.165) is 12.3 Å². The predicted octanol–water partition coefficient (Wildman–Crippen LogP) is 4.14. The van der Waals surface area contributed by atoms with Crippen molar-refractivity contribution in [3.05, 3.63) is 30.1 Å². The molecule has 88 valence electrons. The van der Waals surface area contributed by atoms with Gasteiger partial charge in [-0.3, -0.25) is 0 Å². The highest BCUT2D eigenvalue weighted by Crippen LogP contribution is 2.48. The zero-order valence-corrected chi connectivity index (χ0v) is 11.0. The minimum Gasteiger partial charge on any atom is -0.353 e. The van der Waals surface area contributed by atoms with Gasteiger partial charge in [-0.05, 0) is 42.4 Å². The fourth-order valence-electron chi connectivity index (χ4n) is 2.81. The first-order valence-corrected chi connectivity index (χ1v) is 6.32. The molecular weight excluding hydrogens is 194 g/mol. The Hall–Kier alpha value is -0.980. The molecule has 0 saturated heterocycles. The van der Waals surface area contributed by atoms with Crippen molar-refractivity contribution in [2.75, 3.05) is 0 Å².